The van der Waals surface area contributed by atoms with E-state index in [1.54, 1.807) is 24.3 Å². The standard InChI is InChI=1S/C18H16N2O3/c1-12(22)15-6-8-16(9-7-15)18-20-19-17(23-18)10-13-2-4-14(11-21)5-3-13/h2-9,21H,10-11H2,1H3. The van der Waals surface area contributed by atoms with Crippen molar-refractivity contribution < 1.29 is 14.3 Å². The number of aliphatic hydroxyl groups excluding tert-OH is 1. The molecule has 0 unspecified atom stereocenters. The first-order chi connectivity index (χ1) is 11.2. The van der Waals surface area contributed by atoms with E-state index in [0.29, 0.717) is 23.8 Å². The fourth-order valence-corrected chi connectivity index (χ4v) is 2.23. The summed E-state index contributed by atoms with van der Waals surface area (Å²) in [6.45, 7) is 1.56. The third-order valence-electron chi connectivity index (χ3n) is 3.57. The van der Waals surface area contributed by atoms with Gasteiger partial charge in [0.25, 0.3) is 0 Å². The minimum absolute atomic E-state index is 0.0223. The van der Waals surface area contributed by atoms with Gasteiger partial charge in [0.1, 0.15) is 0 Å². The van der Waals surface area contributed by atoms with Gasteiger partial charge in [0.15, 0.2) is 5.78 Å². The molecule has 0 aliphatic rings. The van der Waals surface area contributed by atoms with Gasteiger partial charge in [-0.3, -0.25) is 4.79 Å². The van der Waals surface area contributed by atoms with Gasteiger partial charge in [0.2, 0.25) is 11.8 Å². The maximum atomic E-state index is 11.3. The van der Waals surface area contributed by atoms with E-state index in [4.69, 9.17) is 9.52 Å². The number of rotatable bonds is 5. The highest BCUT2D eigenvalue weighted by Crippen LogP contribution is 2.20. The highest BCUT2D eigenvalue weighted by molar-refractivity contribution is 5.94. The number of ketones is 1. The largest absolute Gasteiger partial charge is 0.420 e. The van der Waals surface area contributed by atoms with E-state index in [2.05, 4.69) is 10.2 Å². The summed E-state index contributed by atoms with van der Waals surface area (Å²) in [5.74, 6) is 0.976. The summed E-state index contributed by atoms with van der Waals surface area (Å²) >= 11 is 0. The van der Waals surface area contributed by atoms with Crippen molar-refractivity contribution in [1.82, 2.24) is 10.2 Å². The fraction of sp³-hybridized carbons (Fsp3) is 0.167. The average molecular weight is 308 g/mol. The fourth-order valence-electron chi connectivity index (χ4n) is 2.23. The third kappa shape index (κ3) is 3.52. The number of benzene rings is 2. The van der Waals surface area contributed by atoms with Crippen LogP contribution in [0.4, 0.5) is 0 Å². The van der Waals surface area contributed by atoms with Gasteiger partial charge in [-0.25, -0.2) is 0 Å². The second kappa shape index (κ2) is 6.54. The molecular weight excluding hydrogens is 292 g/mol. The second-order valence-corrected chi connectivity index (χ2v) is 5.29. The van der Waals surface area contributed by atoms with Gasteiger partial charge >= 0.3 is 0 Å². The number of carbonyl (C=O) groups excluding carboxylic acids is 1. The van der Waals surface area contributed by atoms with Gasteiger partial charge in [0, 0.05) is 11.1 Å². The molecule has 0 amide bonds. The Bertz CT molecular complexity index is 805. The molecule has 0 aliphatic carbocycles. The van der Waals surface area contributed by atoms with Crippen LogP contribution in [0.5, 0.6) is 0 Å². The number of aliphatic hydroxyl groups is 1. The van der Waals surface area contributed by atoms with Crippen LogP contribution in [0, 0.1) is 0 Å². The predicted molar refractivity (Wildman–Crippen MR) is 84.9 cm³/mol. The zero-order chi connectivity index (χ0) is 16.2. The number of aromatic nitrogens is 2. The van der Waals surface area contributed by atoms with Crippen molar-refractivity contribution in [3.8, 4) is 11.5 Å². The summed E-state index contributed by atoms with van der Waals surface area (Å²) in [6, 6.07) is 14.7. The predicted octanol–water partition coefficient (Wildman–Crippen LogP) is 3.02. The van der Waals surface area contributed by atoms with Gasteiger partial charge in [-0.1, -0.05) is 36.4 Å². The van der Waals surface area contributed by atoms with E-state index in [9.17, 15) is 4.79 Å². The Morgan fingerprint density at radius 1 is 1.00 bits per heavy atom. The number of hydrogen-bond acceptors (Lipinski definition) is 5. The molecule has 0 saturated carbocycles. The summed E-state index contributed by atoms with van der Waals surface area (Å²) in [5, 5.41) is 17.1. The SMILES string of the molecule is CC(=O)c1ccc(-c2nnc(Cc3ccc(CO)cc3)o2)cc1. The van der Waals surface area contributed by atoms with Crippen LogP contribution < -0.4 is 0 Å². The van der Waals surface area contributed by atoms with E-state index in [0.717, 1.165) is 16.7 Å². The van der Waals surface area contributed by atoms with E-state index >= 15 is 0 Å². The van der Waals surface area contributed by atoms with Crippen molar-refractivity contribution in [3.63, 3.8) is 0 Å². The van der Waals surface area contributed by atoms with E-state index in [1.807, 2.05) is 24.3 Å². The molecule has 0 radical (unpaired) electrons. The Morgan fingerprint density at radius 2 is 1.65 bits per heavy atom. The van der Waals surface area contributed by atoms with Crippen LogP contribution >= 0.6 is 0 Å². The average Bonchev–Trinajstić information content (AvgIpc) is 3.04. The summed E-state index contributed by atoms with van der Waals surface area (Å²) in [6.07, 6.45) is 0.532. The lowest BCUT2D eigenvalue weighted by Crippen LogP contribution is -1.90. The van der Waals surface area contributed by atoms with Gasteiger partial charge in [-0.15, -0.1) is 10.2 Å². The molecule has 0 aliphatic heterocycles. The highest BCUT2D eigenvalue weighted by Gasteiger charge is 2.10. The molecule has 0 bridgehead atoms. The van der Waals surface area contributed by atoms with Gasteiger partial charge in [-0.2, -0.15) is 0 Å². The molecule has 1 aromatic heterocycles. The maximum absolute atomic E-state index is 11.3. The quantitative estimate of drug-likeness (QED) is 0.733. The molecule has 0 atom stereocenters. The number of hydrogen-bond donors (Lipinski definition) is 1. The van der Waals surface area contributed by atoms with Crippen LogP contribution in [0.1, 0.15) is 34.3 Å². The summed E-state index contributed by atoms with van der Waals surface area (Å²) in [7, 11) is 0. The van der Waals surface area contributed by atoms with E-state index < -0.39 is 0 Å². The van der Waals surface area contributed by atoms with Crippen LogP contribution in [0.15, 0.2) is 52.9 Å². The molecule has 1 heterocycles. The topological polar surface area (TPSA) is 76.2 Å². The molecule has 3 rings (SSSR count). The lowest BCUT2D eigenvalue weighted by atomic mass is 10.1. The first kappa shape index (κ1) is 15.1. The molecule has 5 heteroatoms. The van der Waals surface area contributed by atoms with Crippen LogP contribution in [-0.4, -0.2) is 21.1 Å². The molecule has 0 fully saturated rings. The van der Waals surface area contributed by atoms with Crippen LogP contribution in [0.25, 0.3) is 11.5 Å². The van der Waals surface area contributed by atoms with Gasteiger partial charge in [-0.05, 0) is 30.2 Å². The Hall–Kier alpha value is -2.79. The lowest BCUT2D eigenvalue weighted by Gasteiger charge is -1.99. The van der Waals surface area contributed by atoms with Gasteiger partial charge in [0.05, 0.1) is 13.0 Å². The van der Waals surface area contributed by atoms with E-state index in [-0.39, 0.29) is 12.4 Å². The minimum Gasteiger partial charge on any atom is -0.420 e. The highest BCUT2D eigenvalue weighted by atomic mass is 16.4. The van der Waals surface area contributed by atoms with Crippen molar-refractivity contribution in [2.24, 2.45) is 0 Å². The first-order valence-electron chi connectivity index (χ1n) is 7.28. The zero-order valence-electron chi connectivity index (χ0n) is 12.7. The molecule has 0 saturated heterocycles. The normalized spacial score (nSPS) is 10.7. The molecule has 23 heavy (non-hydrogen) atoms. The van der Waals surface area contributed by atoms with Gasteiger partial charge < -0.3 is 9.52 Å². The summed E-state index contributed by atoms with van der Waals surface area (Å²) in [4.78, 5) is 11.3. The zero-order valence-corrected chi connectivity index (χ0v) is 12.7. The van der Waals surface area contributed by atoms with Crippen molar-refractivity contribution in [2.75, 3.05) is 0 Å². The lowest BCUT2D eigenvalue weighted by molar-refractivity contribution is 0.101. The van der Waals surface area contributed by atoms with Crippen molar-refractivity contribution in [2.45, 2.75) is 20.0 Å². The Morgan fingerprint density at radius 3 is 2.26 bits per heavy atom. The smallest absolute Gasteiger partial charge is 0.247 e. The monoisotopic (exact) mass is 308 g/mol. The molecule has 116 valence electrons. The van der Waals surface area contributed by atoms with Crippen molar-refractivity contribution >= 4 is 5.78 Å². The third-order valence-corrected chi connectivity index (χ3v) is 3.57. The summed E-state index contributed by atoms with van der Waals surface area (Å²) in [5.41, 5.74) is 3.33. The maximum Gasteiger partial charge on any atom is 0.247 e. The first-order valence-corrected chi connectivity index (χ1v) is 7.28. The van der Waals surface area contributed by atoms with Crippen molar-refractivity contribution in [1.29, 1.82) is 0 Å². The molecule has 3 aromatic rings. The second-order valence-electron chi connectivity index (χ2n) is 5.29. The Kier molecular flexibility index (Phi) is 4.30. The molecule has 5 nitrogen and oxygen atoms in total. The van der Waals surface area contributed by atoms with Crippen LogP contribution in [0.2, 0.25) is 0 Å². The molecule has 1 N–H and O–H groups in total. The Labute approximate surface area is 133 Å². The summed E-state index contributed by atoms with van der Waals surface area (Å²) < 4.78 is 5.67. The number of Topliss-reactive ketones (excluding diaryl/α,β-unsaturated/α-hetero) is 1. The number of nitrogens with zero attached hydrogens (tertiary/aromatic N) is 2. The number of carbonyl (C=O) groups is 1. The van der Waals surface area contributed by atoms with Crippen molar-refractivity contribution in [3.05, 3.63) is 71.1 Å². The Balaban J connectivity index is 1.75. The van der Waals surface area contributed by atoms with Crippen LogP contribution in [0.3, 0.4) is 0 Å². The van der Waals surface area contributed by atoms with Crippen LogP contribution in [-0.2, 0) is 13.0 Å². The molecular formula is C18H16N2O3. The van der Waals surface area contributed by atoms with E-state index in [1.165, 1.54) is 6.92 Å². The molecule has 2 aromatic carbocycles. The minimum atomic E-state index is 0.0223. The molecule has 0 spiro atoms.